The van der Waals surface area contributed by atoms with Crippen molar-refractivity contribution in [2.24, 2.45) is 5.73 Å². The third kappa shape index (κ3) is 11.4. The van der Waals surface area contributed by atoms with Crippen LogP contribution < -0.4 is 5.73 Å². The summed E-state index contributed by atoms with van der Waals surface area (Å²) in [6, 6.07) is 0. The van der Waals surface area contributed by atoms with Crippen molar-refractivity contribution < 1.29 is 0 Å². The van der Waals surface area contributed by atoms with Crippen LogP contribution in [0.3, 0.4) is 0 Å². The van der Waals surface area contributed by atoms with Crippen LogP contribution in [0.1, 0.15) is 51.9 Å². The molecule has 0 aromatic carbocycles. The zero-order valence-corrected chi connectivity index (χ0v) is 9.54. The molecule has 1 nitrogen and oxygen atoms in total. The zero-order chi connectivity index (χ0) is 10.5. The van der Waals surface area contributed by atoms with Crippen molar-refractivity contribution in [1.29, 1.82) is 0 Å². The Hall–Kier alpha value is -0.560. The molecule has 0 spiro atoms. The maximum Gasteiger partial charge on any atom is 0.0109 e. The van der Waals surface area contributed by atoms with Gasteiger partial charge in [0.05, 0.1) is 0 Å². The fourth-order valence-electron chi connectivity index (χ4n) is 1.37. The van der Waals surface area contributed by atoms with E-state index in [1.807, 2.05) is 12.2 Å². The Labute approximate surface area is 89.1 Å². The SMILES string of the molecule is CCCCCCCCC=CC=CCN. The number of rotatable bonds is 9. The molecule has 0 aliphatic rings. The monoisotopic (exact) mass is 195 g/mol. The molecule has 0 heterocycles. The molecular formula is C13H25N. The van der Waals surface area contributed by atoms with Gasteiger partial charge in [0, 0.05) is 6.54 Å². The summed E-state index contributed by atoms with van der Waals surface area (Å²) in [4.78, 5) is 0. The summed E-state index contributed by atoms with van der Waals surface area (Å²) in [5, 5.41) is 0. The maximum atomic E-state index is 5.32. The van der Waals surface area contributed by atoms with Crippen molar-refractivity contribution in [3.63, 3.8) is 0 Å². The Balaban J connectivity index is 3.05. The molecule has 0 rings (SSSR count). The number of hydrogen-bond donors (Lipinski definition) is 1. The van der Waals surface area contributed by atoms with Gasteiger partial charge < -0.3 is 5.73 Å². The average molecular weight is 195 g/mol. The molecule has 0 radical (unpaired) electrons. The van der Waals surface area contributed by atoms with Gasteiger partial charge in [-0.2, -0.15) is 0 Å². The molecule has 0 saturated heterocycles. The van der Waals surface area contributed by atoms with Crippen LogP contribution in [0.5, 0.6) is 0 Å². The summed E-state index contributed by atoms with van der Waals surface area (Å²) in [6.45, 7) is 2.90. The highest BCUT2D eigenvalue weighted by molar-refractivity contribution is 5.02. The smallest absolute Gasteiger partial charge is 0.0109 e. The minimum absolute atomic E-state index is 0.640. The van der Waals surface area contributed by atoms with Crippen LogP contribution in [0.25, 0.3) is 0 Å². The van der Waals surface area contributed by atoms with E-state index in [4.69, 9.17) is 5.73 Å². The summed E-state index contributed by atoms with van der Waals surface area (Å²) in [5.74, 6) is 0. The van der Waals surface area contributed by atoms with E-state index in [9.17, 15) is 0 Å². The molecule has 0 aromatic heterocycles. The summed E-state index contributed by atoms with van der Waals surface area (Å²) >= 11 is 0. The highest BCUT2D eigenvalue weighted by Gasteiger charge is 1.87. The summed E-state index contributed by atoms with van der Waals surface area (Å²) in [5.41, 5.74) is 5.32. The van der Waals surface area contributed by atoms with Gasteiger partial charge in [0.25, 0.3) is 0 Å². The molecule has 14 heavy (non-hydrogen) atoms. The summed E-state index contributed by atoms with van der Waals surface area (Å²) in [7, 11) is 0. The van der Waals surface area contributed by atoms with Gasteiger partial charge in [-0.3, -0.25) is 0 Å². The van der Waals surface area contributed by atoms with Gasteiger partial charge in [0.15, 0.2) is 0 Å². The Morgan fingerprint density at radius 1 is 0.857 bits per heavy atom. The number of allylic oxidation sites excluding steroid dienone is 3. The second-order valence-corrected chi connectivity index (χ2v) is 3.65. The van der Waals surface area contributed by atoms with Gasteiger partial charge in [-0.25, -0.2) is 0 Å². The number of nitrogens with two attached hydrogens (primary N) is 1. The third-order valence-corrected chi connectivity index (χ3v) is 2.24. The van der Waals surface area contributed by atoms with Gasteiger partial charge in [0.1, 0.15) is 0 Å². The first-order valence-electron chi connectivity index (χ1n) is 5.93. The van der Waals surface area contributed by atoms with Gasteiger partial charge in [-0.1, -0.05) is 63.3 Å². The molecule has 2 N–H and O–H groups in total. The Kier molecular flexibility index (Phi) is 11.9. The van der Waals surface area contributed by atoms with Gasteiger partial charge >= 0.3 is 0 Å². The lowest BCUT2D eigenvalue weighted by atomic mass is 10.1. The molecule has 1 heteroatoms. The highest BCUT2D eigenvalue weighted by Crippen LogP contribution is 2.06. The van der Waals surface area contributed by atoms with E-state index >= 15 is 0 Å². The average Bonchev–Trinajstić information content (AvgIpc) is 2.21. The largest absolute Gasteiger partial charge is 0.327 e. The molecule has 0 unspecified atom stereocenters. The standard InChI is InChI=1S/C13H25N/c1-2-3-4-5-6-7-8-9-10-11-12-13-14/h9-12H,2-8,13-14H2,1H3. The van der Waals surface area contributed by atoms with Gasteiger partial charge in [0.2, 0.25) is 0 Å². The lowest BCUT2D eigenvalue weighted by Crippen LogP contribution is -1.91. The number of hydrogen-bond acceptors (Lipinski definition) is 1. The molecule has 0 amide bonds. The molecule has 0 bridgehead atoms. The predicted molar refractivity (Wildman–Crippen MR) is 65.3 cm³/mol. The molecule has 0 atom stereocenters. The van der Waals surface area contributed by atoms with E-state index < -0.39 is 0 Å². The summed E-state index contributed by atoms with van der Waals surface area (Å²) < 4.78 is 0. The Morgan fingerprint density at radius 3 is 2.21 bits per heavy atom. The second-order valence-electron chi connectivity index (χ2n) is 3.65. The highest BCUT2D eigenvalue weighted by atomic mass is 14.5. The van der Waals surface area contributed by atoms with E-state index in [1.54, 1.807) is 0 Å². The first-order valence-corrected chi connectivity index (χ1v) is 5.93. The molecule has 0 aliphatic carbocycles. The van der Waals surface area contributed by atoms with Gasteiger partial charge in [-0.15, -0.1) is 0 Å². The van der Waals surface area contributed by atoms with Crippen LogP contribution in [-0.2, 0) is 0 Å². The number of unbranched alkanes of at least 4 members (excludes halogenated alkanes) is 6. The minimum atomic E-state index is 0.640. The van der Waals surface area contributed by atoms with E-state index in [-0.39, 0.29) is 0 Å². The fourth-order valence-corrected chi connectivity index (χ4v) is 1.37. The van der Waals surface area contributed by atoms with Crippen molar-refractivity contribution in [3.05, 3.63) is 24.3 Å². The first kappa shape index (κ1) is 13.4. The van der Waals surface area contributed by atoms with E-state index in [0.29, 0.717) is 6.54 Å². The van der Waals surface area contributed by atoms with Crippen LogP contribution in [0.2, 0.25) is 0 Å². The molecule has 0 fully saturated rings. The van der Waals surface area contributed by atoms with Crippen LogP contribution in [-0.4, -0.2) is 6.54 Å². The van der Waals surface area contributed by atoms with E-state index in [0.717, 1.165) is 0 Å². The lowest BCUT2D eigenvalue weighted by Gasteiger charge is -1.97. The minimum Gasteiger partial charge on any atom is -0.327 e. The second kappa shape index (κ2) is 12.4. The maximum absolute atomic E-state index is 5.32. The predicted octanol–water partition coefficient (Wildman–Crippen LogP) is 3.81. The molecule has 0 aromatic rings. The van der Waals surface area contributed by atoms with Crippen molar-refractivity contribution >= 4 is 0 Å². The van der Waals surface area contributed by atoms with E-state index in [1.165, 1.54) is 44.9 Å². The molecular weight excluding hydrogens is 170 g/mol. The molecule has 0 saturated carbocycles. The summed E-state index contributed by atoms with van der Waals surface area (Å²) in [6.07, 6.45) is 17.8. The van der Waals surface area contributed by atoms with E-state index in [2.05, 4.69) is 19.1 Å². The van der Waals surface area contributed by atoms with Crippen LogP contribution in [0.15, 0.2) is 24.3 Å². The van der Waals surface area contributed by atoms with Gasteiger partial charge in [-0.05, 0) is 12.8 Å². The molecule has 0 aliphatic heterocycles. The third-order valence-electron chi connectivity index (χ3n) is 2.24. The molecule has 82 valence electrons. The normalized spacial score (nSPS) is 11.9. The van der Waals surface area contributed by atoms with Crippen molar-refractivity contribution in [3.8, 4) is 0 Å². The fraction of sp³-hybridized carbons (Fsp3) is 0.692. The van der Waals surface area contributed by atoms with Crippen LogP contribution in [0.4, 0.5) is 0 Å². The topological polar surface area (TPSA) is 26.0 Å². The van der Waals surface area contributed by atoms with Crippen LogP contribution in [0, 0.1) is 0 Å². The van der Waals surface area contributed by atoms with Crippen molar-refractivity contribution in [2.75, 3.05) is 6.54 Å². The Bertz CT molecular complexity index is 147. The Morgan fingerprint density at radius 2 is 1.50 bits per heavy atom. The van der Waals surface area contributed by atoms with Crippen LogP contribution >= 0.6 is 0 Å². The quantitative estimate of drug-likeness (QED) is 0.439. The lowest BCUT2D eigenvalue weighted by molar-refractivity contribution is 0.611. The van der Waals surface area contributed by atoms with Crippen molar-refractivity contribution in [1.82, 2.24) is 0 Å². The van der Waals surface area contributed by atoms with Crippen molar-refractivity contribution in [2.45, 2.75) is 51.9 Å². The zero-order valence-electron chi connectivity index (χ0n) is 9.54. The first-order chi connectivity index (χ1) is 6.91.